The molecule has 0 amide bonds. The van der Waals surface area contributed by atoms with Gasteiger partial charge in [0.25, 0.3) is 0 Å². The summed E-state index contributed by atoms with van der Waals surface area (Å²) < 4.78 is 0. The molecule has 2 nitrogen and oxygen atoms in total. The summed E-state index contributed by atoms with van der Waals surface area (Å²) >= 11 is 1.40. The van der Waals surface area contributed by atoms with Crippen LogP contribution in [0, 0.1) is 0 Å². The normalized spacial score (nSPS) is 26.0. The van der Waals surface area contributed by atoms with Gasteiger partial charge in [0, 0.05) is 0 Å². The average Bonchev–Trinajstić information content (AvgIpc) is 1.84. The van der Waals surface area contributed by atoms with E-state index in [0.29, 0.717) is 5.75 Å². The van der Waals surface area contributed by atoms with E-state index in [1.165, 1.54) is 17.8 Å². The molecule has 1 heterocycles. The molecule has 1 aliphatic rings. The van der Waals surface area contributed by atoms with E-state index < -0.39 is 5.79 Å². The van der Waals surface area contributed by atoms with Gasteiger partial charge in [0.2, 0.25) is 0 Å². The first kappa shape index (κ1) is 5.15. The Labute approximate surface area is 45.9 Å². The van der Waals surface area contributed by atoms with Crippen molar-refractivity contribution in [3.8, 4) is 0 Å². The van der Waals surface area contributed by atoms with E-state index in [2.05, 4.69) is 0 Å². The largest absolute Gasteiger partial charge is 0.362 e. The Morgan fingerprint density at radius 1 is 1.57 bits per heavy atom. The molecule has 0 atom stereocenters. The molecule has 0 spiro atoms. The molecule has 2 N–H and O–H groups in total. The van der Waals surface area contributed by atoms with Crippen molar-refractivity contribution in [1.82, 2.24) is 0 Å². The van der Waals surface area contributed by atoms with Gasteiger partial charge in [-0.2, -0.15) is 0 Å². The maximum absolute atomic E-state index is 8.64. The van der Waals surface area contributed by atoms with Gasteiger partial charge in [0.1, 0.15) is 0 Å². The van der Waals surface area contributed by atoms with Crippen molar-refractivity contribution in [3.63, 3.8) is 0 Å². The monoisotopic (exact) mass is 118 g/mol. The van der Waals surface area contributed by atoms with E-state index in [9.17, 15) is 0 Å². The van der Waals surface area contributed by atoms with Crippen LogP contribution in [0.15, 0.2) is 11.5 Å². The van der Waals surface area contributed by atoms with Gasteiger partial charge in [0.15, 0.2) is 5.79 Å². The minimum absolute atomic E-state index is 0.368. The molecule has 0 unspecified atom stereocenters. The lowest BCUT2D eigenvalue weighted by Crippen LogP contribution is -2.24. The Morgan fingerprint density at radius 2 is 2.29 bits per heavy atom. The van der Waals surface area contributed by atoms with Gasteiger partial charge < -0.3 is 10.2 Å². The first-order valence-electron chi connectivity index (χ1n) is 1.95. The molecule has 3 heteroatoms. The third-order valence-electron chi connectivity index (χ3n) is 0.727. The molecule has 0 aromatic heterocycles. The minimum Gasteiger partial charge on any atom is -0.362 e. The summed E-state index contributed by atoms with van der Waals surface area (Å²) in [5.41, 5.74) is 0. The summed E-state index contributed by atoms with van der Waals surface area (Å²) in [6.07, 6.45) is 1.37. The summed E-state index contributed by atoms with van der Waals surface area (Å²) in [5.74, 6) is -1.16. The maximum Gasteiger partial charge on any atom is 0.193 e. The minimum atomic E-state index is -1.52. The maximum atomic E-state index is 8.64. The van der Waals surface area contributed by atoms with Gasteiger partial charge in [-0.15, -0.1) is 11.8 Å². The van der Waals surface area contributed by atoms with Gasteiger partial charge in [-0.05, 0) is 11.5 Å². The molecule has 0 saturated carbocycles. The molecule has 0 aromatic carbocycles. The van der Waals surface area contributed by atoms with Crippen LogP contribution in [0.2, 0.25) is 0 Å². The first-order chi connectivity index (χ1) is 3.21. The molecule has 0 fully saturated rings. The number of thioether (sulfide) groups is 1. The first-order valence-corrected chi connectivity index (χ1v) is 3.00. The smallest absolute Gasteiger partial charge is 0.193 e. The second-order valence-electron chi connectivity index (χ2n) is 1.49. The average molecular weight is 118 g/mol. The quantitative estimate of drug-likeness (QED) is 0.437. The van der Waals surface area contributed by atoms with E-state index in [1.54, 1.807) is 5.41 Å². The van der Waals surface area contributed by atoms with Gasteiger partial charge in [0.05, 0.1) is 5.75 Å². The van der Waals surface area contributed by atoms with Gasteiger partial charge in [-0.25, -0.2) is 0 Å². The Bertz CT molecular complexity index is 97.9. The lowest BCUT2D eigenvalue weighted by molar-refractivity contribution is -0.0942. The highest BCUT2D eigenvalue weighted by Gasteiger charge is 2.21. The Hall–Kier alpha value is 0.01000. The predicted octanol–water partition coefficient (Wildman–Crippen LogP) is -0.0722. The third kappa shape index (κ3) is 1.19. The molecule has 0 aliphatic carbocycles. The SMILES string of the molecule is OC1(O)C=CSC1. The van der Waals surface area contributed by atoms with Crippen LogP contribution >= 0.6 is 11.8 Å². The van der Waals surface area contributed by atoms with Crippen molar-refractivity contribution in [2.75, 3.05) is 5.75 Å². The van der Waals surface area contributed by atoms with Crippen molar-refractivity contribution in [2.45, 2.75) is 5.79 Å². The highest BCUT2D eigenvalue weighted by molar-refractivity contribution is 8.02. The van der Waals surface area contributed by atoms with Crippen LogP contribution in [0.5, 0.6) is 0 Å². The zero-order valence-corrected chi connectivity index (χ0v) is 4.48. The molecule has 40 valence electrons. The third-order valence-corrected chi connectivity index (χ3v) is 1.65. The Morgan fingerprint density at radius 3 is 2.43 bits per heavy atom. The fourth-order valence-corrected chi connectivity index (χ4v) is 1.13. The summed E-state index contributed by atoms with van der Waals surface area (Å²) in [4.78, 5) is 0. The lowest BCUT2D eigenvalue weighted by Gasteiger charge is -2.08. The van der Waals surface area contributed by atoms with Crippen molar-refractivity contribution in [1.29, 1.82) is 0 Å². The Balaban J connectivity index is 2.57. The van der Waals surface area contributed by atoms with Crippen LogP contribution in [0.1, 0.15) is 0 Å². The molecular formula is C4H6O2S. The summed E-state index contributed by atoms with van der Waals surface area (Å²) in [7, 11) is 0. The topological polar surface area (TPSA) is 40.5 Å². The number of aliphatic hydroxyl groups is 2. The standard InChI is InChI=1S/C4H6O2S/c5-4(6)1-2-7-3-4/h1-2,5-6H,3H2. The molecular weight excluding hydrogens is 112 g/mol. The van der Waals surface area contributed by atoms with Crippen LogP contribution in [-0.4, -0.2) is 21.8 Å². The zero-order chi connectivity index (χ0) is 5.33. The second kappa shape index (κ2) is 1.51. The Kier molecular flexibility index (Phi) is 1.11. The molecule has 0 bridgehead atoms. The van der Waals surface area contributed by atoms with Crippen molar-refractivity contribution in [2.24, 2.45) is 0 Å². The fraction of sp³-hybridized carbons (Fsp3) is 0.500. The second-order valence-corrected chi connectivity index (χ2v) is 2.39. The number of hydrogen-bond acceptors (Lipinski definition) is 3. The van der Waals surface area contributed by atoms with Gasteiger partial charge in [-0.1, -0.05) is 0 Å². The number of hydrogen-bond donors (Lipinski definition) is 2. The van der Waals surface area contributed by atoms with Crippen LogP contribution in [0.25, 0.3) is 0 Å². The van der Waals surface area contributed by atoms with Crippen molar-refractivity contribution < 1.29 is 10.2 Å². The van der Waals surface area contributed by atoms with E-state index in [-0.39, 0.29) is 0 Å². The van der Waals surface area contributed by atoms with Crippen LogP contribution in [-0.2, 0) is 0 Å². The highest BCUT2D eigenvalue weighted by atomic mass is 32.2. The van der Waals surface area contributed by atoms with Gasteiger partial charge in [-0.3, -0.25) is 0 Å². The van der Waals surface area contributed by atoms with Crippen LogP contribution < -0.4 is 0 Å². The summed E-state index contributed by atoms with van der Waals surface area (Å²) in [5, 5.41) is 19.0. The van der Waals surface area contributed by atoms with Crippen LogP contribution in [0.4, 0.5) is 0 Å². The fourth-order valence-electron chi connectivity index (χ4n) is 0.376. The molecule has 1 rings (SSSR count). The van der Waals surface area contributed by atoms with E-state index >= 15 is 0 Å². The number of rotatable bonds is 0. The van der Waals surface area contributed by atoms with E-state index in [4.69, 9.17) is 10.2 Å². The van der Waals surface area contributed by atoms with E-state index in [1.807, 2.05) is 0 Å². The molecule has 0 saturated heterocycles. The summed E-state index contributed by atoms with van der Waals surface area (Å²) in [6, 6.07) is 0. The van der Waals surface area contributed by atoms with Gasteiger partial charge >= 0.3 is 0 Å². The molecule has 1 aliphatic heterocycles. The van der Waals surface area contributed by atoms with Crippen molar-refractivity contribution in [3.05, 3.63) is 11.5 Å². The van der Waals surface area contributed by atoms with Crippen molar-refractivity contribution >= 4 is 11.8 Å². The lowest BCUT2D eigenvalue weighted by atomic mass is 10.3. The highest BCUT2D eigenvalue weighted by Crippen LogP contribution is 2.20. The zero-order valence-electron chi connectivity index (χ0n) is 3.66. The molecule has 0 radical (unpaired) electrons. The molecule has 0 aromatic rings. The predicted molar refractivity (Wildman–Crippen MR) is 28.8 cm³/mol. The molecule has 7 heavy (non-hydrogen) atoms. The van der Waals surface area contributed by atoms with Crippen LogP contribution in [0.3, 0.4) is 0 Å². The summed E-state index contributed by atoms with van der Waals surface area (Å²) in [6.45, 7) is 0. The van der Waals surface area contributed by atoms with E-state index in [0.717, 1.165) is 0 Å².